The van der Waals surface area contributed by atoms with Crippen LogP contribution in [0.3, 0.4) is 0 Å². The van der Waals surface area contributed by atoms with Crippen molar-refractivity contribution >= 4 is 23.0 Å². The molecule has 106 valence electrons. The van der Waals surface area contributed by atoms with Gasteiger partial charge in [-0.3, -0.25) is 14.8 Å². The van der Waals surface area contributed by atoms with Gasteiger partial charge in [-0.15, -0.1) is 0 Å². The molecule has 0 radical (unpaired) electrons. The molecule has 0 unspecified atom stereocenters. The van der Waals surface area contributed by atoms with Crippen LogP contribution in [0.5, 0.6) is 0 Å². The van der Waals surface area contributed by atoms with Gasteiger partial charge in [0.05, 0.1) is 16.0 Å². The second-order valence-corrected chi connectivity index (χ2v) is 4.46. The molecule has 0 spiro atoms. The Morgan fingerprint density at radius 1 is 1.55 bits per heavy atom. The molecule has 1 aromatic carbocycles. The van der Waals surface area contributed by atoms with Gasteiger partial charge in [-0.1, -0.05) is 11.6 Å². The lowest BCUT2D eigenvalue weighted by Gasteiger charge is -2.07. The average molecular weight is 300 g/mol. The summed E-state index contributed by atoms with van der Waals surface area (Å²) in [7, 11) is 1.74. The Kier molecular flexibility index (Phi) is 4.14. The van der Waals surface area contributed by atoms with Gasteiger partial charge in [0.25, 0.3) is 5.69 Å². The average Bonchev–Trinajstić information content (AvgIpc) is 2.79. The number of nitro benzene ring substituents is 1. The van der Waals surface area contributed by atoms with E-state index in [1.54, 1.807) is 18.1 Å². The van der Waals surface area contributed by atoms with E-state index in [1.807, 2.05) is 0 Å². The third kappa shape index (κ3) is 3.21. The summed E-state index contributed by atoms with van der Waals surface area (Å²) in [5, 5.41) is 17.6. The summed E-state index contributed by atoms with van der Waals surface area (Å²) >= 11 is 5.62. The van der Waals surface area contributed by atoms with Crippen LogP contribution in [0.15, 0.2) is 18.5 Å². The van der Waals surface area contributed by atoms with Gasteiger partial charge in [0.2, 0.25) is 0 Å². The molecule has 0 saturated carbocycles. The fraction of sp³-hybridized carbons (Fsp3) is 0.273. The van der Waals surface area contributed by atoms with Gasteiger partial charge in [0.1, 0.15) is 17.8 Å². The van der Waals surface area contributed by atoms with Gasteiger partial charge < -0.3 is 5.32 Å². The zero-order valence-electron chi connectivity index (χ0n) is 10.5. The predicted octanol–water partition coefficient (Wildman–Crippen LogP) is 2.17. The number of anilines is 1. The molecule has 9 heteroatoms. The molecule has 7 nitrogen and oxygen atoms in total. The molecule has 0 aliphatic heterocycles. The van der Waals surface area contributed by atoms with Gasteiger partial charge in [-0.05, 0) is 6.07 Å². The van der Waals surface area contributed by atoms with Crippen LogP contribution in [-0.4, -0.2) is 26.2 Å². The second kappa shape index (κ2) is 5.83. The van der Waals surface area contributed by atoms with Gasteiger partial charge in [0.15, 0.2) is 5.82 Å². The summed E-state index contributed by atoms with van der Waals surface area (Å²) in [6.45, 7) is 0.368. The highest BCUT2D eigenvalue weighted by Crippen LogP contribution is 2.30. The number of rotatable bonds is 5. The number of hydrogen-bond acceptors (Lipinski definition) is 5. The molecule has 0 aliphatic rings. The first-order valence-corrected chi connectivity index (χ1v) is 6.07. The van der Waals surface area contributed by atoms with Crippen molar-refractivity contribution in [3.63, 3.8) is 0 Å². The number of aromatic nitrogens is 3. The Morgan fingerprint density at radius 2 is 2.30 bits per heavy atom. The largest absolute Gasteiger partial charge is 0.379 e. The van der Waals surface area contributed by atoms with E-state index >= 15 is 0 Å². The zero-order chi connectivity index (χ0) is 14.7. The van der Waals surface area contributed by atoms with Crippen LogP contribution in [0, 0.1) is 15.9 Å². The standard InChI is InChI=1S/C11H11ClFN5O2/c1-17-6-15-11(16-17)2-3-14-9-4-7(12)8(13)5-10(9)18(19)20/h4-6,14H,2-3H2,1H3. The molecule has 0 saturated heterocycles. The van der Waals surface area contributed by atoms with Crippen molar-refractivity contribution in [3.05, 3.63) is 45.2 Å². The van der Waals surface area contributed by atoms with Crippen LogP contribution < -0.4 is 5.32 Å². The minimum atomic E-state index is -0.824. The fourth-order valence-electron chi connectivity index (χ4n) is 1.64. The van der Waals surface area contributed by atoms with E-state index in [-0.39, 0.29) is 16.4 Å². The molecule has 0 aliphatic carbocycles. The smallest absolute Gasteiger partial charge is 0.295 e. The van der Waals surface area contributed by atoms with Crippen molar-refractivity contribution in [1.29, 1.82) is 0 Å². The lowest BCUT2D eigenvalue weighted by atomic mass is 10.2. The third-order valence-electron chi connectivity index (χ3n) is 2.55. The van der Waals surface area contributed by atoms with Crippen molar-refractivity contribution < 1.29 is 9.31 Å². The fourth-order valence-corrected chi connectivity index (χ4v) is 1.80. The number of nitro groups is 1. The molecule has 0 fully saturated rings. The minimum Gasteiger partial charge on any atom is -0.379 e. The predicted molar refractivity (Wildman–Crippen MR) is 71.3 cm³/mol. The number of benzene rings is 1. The highest BCUT2D eigenvalue weighted by Gasteiger charge is 2.17. The number of aryl methyl sites for hydroxylation is 1. The molecule has 0 bridgehead atoms. The van der Waals surface area contributed by atoms with E-state index in [1.165, 1.54) is 6.07 Å². The monoisotopic (exact) mass is 299 g/mol. The molecule has 20 heavy (non-hydrogen) atoms. The maximum Gasteiger partial charge on any atom is 0.295 e. The molecule has 0 amide bonds. The molecular formula is C11H11ClFN5O2. The number of halogens is 2. The summed E-state index contributed by atoms with van der Waals surface area (Å²) in [5.41, 5.74) is -0.196. The lowest BCUT2D eigenvalue weighted by molar-refractivity contribution is -0.384. The van der Waals surface area contributed by atoms with Crippen LogP contribution >= 0.6 is 11.6 Å². The van der Waals surface area contributed by atoms with Crippen molar-refractivity contribution in [2.75, 3.05) is 11.9 Å². The van der Waals surface area contributed by atoms with E-state index in [4.69, 9.17) is 11.6 Å². The minimum absolute atomic E-state index is 0.164. The Labute approximate surface area is 118 Å². The molecular weight excluding hydrogens is 289 g/mol. The van der Waals surface area contributed by atoms with Gasteiger partial charge in [-0.2, -0.15) is 5.10 Å². The Balaban J connectivity index is 2.08. The van der Waals surface area contributed by atoms with E-state index in [9.17, 15) is 14.5 Å². The topological polar surface area (TPSA) is 85.9 Å². The SMILES string of the molecule is Cn1cnc(CCNc2cc(Cl)c(F)cc2[N+](=O)[O-])n1. The first-order valence-electron chi connectivity index (χ1n) is 5.69. The molecule has 2 aromatic rings. The zero-order valence-corrected chi connectivity index (χ0v) is 11.3. The van der Waals surface area contributed by atoms with E-state index in [0.717, 1.165) is 6.07 Å². The summed E-state index contributed by atoms with van der Waals surface area (Å²) in [4.78, 5) is 14.2. The molecule has 1 aromatic heterocycles. The van der Waals surface area contributed by atoms with Crippen LogP contribution in [0.2, 0.25) is 5.02 Å². The second-order valence-electron chi connectivity index (χ2n) is 4.05. The van der Waals surface area contributed by atoms with Crippen molar-refractivity contribution in [2.45, 2.75) is 6.42 Å². The first kappa shape index (κ1) is 14.2. The van der Waals surface area contributed by atoms with E-state index < -0.39 is 10.7 Å². The number of nitrogens with one attached hydrogen (secondary N) is 1. The highest BCUT2D eigenvalue weighted by molar-refractivity contribution is 6.31. The Morgan fingerprint density at radius 3 is 2.90 bits per heavy atom. The number of hydrogen-bond donors (Lipinski definition) is 1. The summed E-state index contributed by atoms with van der Waals surface area (Å²) in [6, 6.07) is 1.99. The molecule has 2 rings (SSSR count). The summed E-state index contributed by atoms with van der Waals surface area (Å²) < 4.78 is 14.8. The summed E-state index contributed by atoms with van der Waals surface area (Å²) in [6.07, 6.45) is 2.04. The third-order valence-corrected chi connectivity index (χ3v) is 2.84. The maximum atomic E-state index is 13.2. The van der Waals surface area contributed by atoms with Gasteiger partial charge >= 0.3 is 0 Å². The van der Waals surface area contributed by atoms with Crippen molar-refractivity contribution in [3.8, 4) is 0 Å². The number of nitrogens with zero attached hydrogens (tertiary/aromatic N) is 4. The van der Waals surface area contributed by atoms with Crippen LogP contribution in [0.4, 0.5) is 15.8 Å². The quantitative estimate of drug-likeness (QED) is 0.675. The Hall–Kier alpha value is -2.22. The van der Waals surface area contributed by atoms with E-state index in [0.29, 0.717) is 18.8 Å². The molecule has 1 N–H and O–H groups in total. The summed E-state index contributed by atoms with van der Waals surface area (Å²) in [5.74, 6) is -0.217. The molecule has 0 atom stereocenters. The van der Waals surface area contributed by atoms with Crippen molar-refractivity contribution in [1.82, 2.24) is 14.8 Å². The van der Waals surface area contributed by atoms with Gasteiger partial charge in [-0.25, -0.2) is 9.37 Å². The molecule has 1 heterocycles. The van der Waals surface area contributed by atoms with Crippen molar-refractivity contribution in [2.24, 2.45) is 7.05 Å². The van der Waals surface area contributed by atoms with Crippen LogP contribution in [0.1, 0.15) is 5.82 Å². The Bertz CT molecular complexity index is 646. The highest BCUT2D eigenvalue weighted by atomic mass is 35.5. The lowest BCUT2D eigenvalue weighted by Crippen LogP contribution is -2.08. The van der Waals surface area contributed by atoms with Gasteiger partial charge in [0, 0.05) is 20.0 Å². The van der Waals surface area contributed by atoms with Crippen LogP contribution in [-0.2, 0) is 13.5 Å². The first-order chi connectivity index (χ1) is 9.47. The van der Waals surface area contributed by atoms with E-state index in [2.05, 4.69) is 15.4 Å². The normalized spacial score (nSPS) is 10.6. The van der Waals surface area contributed by atoms with Crippen LogP contribution in [0.25, 0.3) is 0 Å². The maximum absolute atomic E-state index is 13.2.